The van der Waals surface area contributed by atoms with Crippen molar-refractivity contribution in [3.05, 3.63) is 35.9 Å². The van der Waals surface area contributed by atoms with Gasteiger partial charge in [0.25, 0.3) is 0 Å². The fourth-order valence-electron chi connectivity index (χ4n) is 1.42. The van der Waals surface area contributed by atoms with Crippen molar-refractivity contribution in [1.82, 2.24) is 5.32 Å². The van der Waals surface area contributed by atoms with Gasteiger partial charge in [-0.3, -0.25) is 0 Å². The fraction of sp³-hybridized carbons (Fsp3) is 0.500. The third kappa shape index (κ3) is 4.09. The largest absolute Gasteiger partial charge is 0.310 e. The lowest BCUT2D eigenvalue weighted by molar-refractivity contribution is 0.508. The Morgan fingerprint density at radius 3 is 2.54 bits per heavy atom. The van der Waals surface area contributed by atoms with Crippen molar-refractivity contribution < 1.29 is 0 Å². The van der Waals surface area contributed by atoms with E-state index >= 15 is 0 Å². The highest BCUT2D eigenvalue weighted by Gasteiger charge is 1.98. The van der Waals surface area contributed by atoms with Crippen LogP contribution in [0.2, 0.25) is 0 Å². The van der Waals surface area contributed by atoms with E-state index in [0.29, 0.717) is 6.04 Å². The first-order chi connectivity index (χ1) is 6.33. The zero-order chi connectivity index (χ0) is 9.52. The molecule has 0 aliphatic carbocycles. The van der Waals surface area contributed by atoms with E-state index in [9.17, 15) is 0 Å². The summed E-state index contributed by atoms with van der Waals surface area (Å²) in [4.78, 5) is 0. The van der Waals surface area contributed by atoms with Crippen LogP contribution in [-0.4, -0.2) is 6.04 Å². The van der Waals surface area contributed by atoms with Gasteiger partial charge in [0.05, 0.1) is 0 Å². The highest BCUT2D eigenvalue weighted by molar-refractivity contribution is 5.14. The van der Waals surface area contributed by atoms with Gasteiger partial charge in [0, 0.05) is 12.6 Å². The predicted octanol–water partition coefficient (Wildman–Crippen LogP) is 2.96. The van der Waals surface area contributed by atoms with Crippen LogP contribution in [0.5, 0.6) is 0 Å². The van der Waals surface area contributed by atoms with E-state index in [1.54, 1.807) is 0 Å². The molecule has 1 heteroatoms. The smallest absolute Gasteiger partial charge is 0.0207 e. The Morgan fingerprint density at radius 2 is 1.92 bits per heavy atom. The van der Waals surface area contributed by atoms with Crippen molar-refractivity contribution in [1.29, 1.82) is 0 Å². The van der Waals surface area contributed by atoms with Crippen LogP contribution in [0.15, 0.2) is 30.3 Å². The zero-order valence-corrected chi connectivity index (χ0v) is 8.59. The summed E-state index contributed by atoms with van der Waals surface area (Å²) in [6.45, 7) is 5.45. The standard InChI is InChI=1S/C12H19N/c1-3-7-11(2)13-10-12-8-5-4-6-9-12/h4-6,8-9,11,13H,3,7,10H2,1-2H3. The topological polar surface area (TPSA) is 12.0 Å². The molecule has 1 atom stereocenters. The minimum Gasteiger partial charge on any atom is -0.310 e. The molecule has 13 heavy (non-hydrogen) atoms. The molecule has 1 nitrogen and oxygen atoms in total. The molecule has 0 radical (unpaired) electrons. The molecule has 0 bridgehead atoms. The van der Waals surface area contributed by atoms with Gasteiger partial charge in [0.2, 0.25) is 0 Å². The molecule has 1 aromatic carbocycles. The summed E-state index contributed by atoms with van der Waals surface area (Å²) in [6.07, 6.45) is 2.51. The summed E-state index contributed by atoms with van der Waals surface area (Å²) in [6, 6.07) is 11.2. The number of hydrogen-bond donors (Lipinski definition) is 1. The Bertz CT molecular complexity index is 218. The van der Waals surface area contributed by atoms with Gasteiger partial charge in [0.15, 0.2) is 0 Å². The molecule has 0 aliphatic heterocycles. The predicted molar refractivity (Wildman–Crippen MR) is 57.7 cm³/mol. The van der Waals surface area contributed by atoms with Gasteiger partial charge in [-0.25, -0.2) is 0 Å². The van der Waals surface area contributed by atoms with Gasteiger partial charge in [-0.1, -0.05) is 43.7 Å². The minimum atomic E-state index is 0.630. The summed E-state index contributed by atoms with van der Waals surface area (Å²) in [5.74, 6) is 0. The van der Waals surface area contributed by atoms with E-state index in [-0.39, 0.29) is 0 Å². The molecule has 0 aliphatic rings. The highest BCUT2D eigenvalue weighted by atomic mass is 14.9. The second-order valence-electron chi connectivity index (χ2n) is 3.56. The molecule has 0 spiro atoms. The van der Waals surface area contributed by atoms with Crippen LogP contribution in [0.4, 0.5) is 0 Å². The Balaban J connectivity index is 2.27. The summed E-state index contributed by atoms with van der Waals surface area (Å²) < 4.78 is 0. The summed E-state index contributed by atoms with van der Waals surface area (Å²) in [5.41, 5.74) is 1.37. The molecule has 1 unspecified atom stereocenters. The van der Waals surface area contributed by atoms with Crippen LogP contribution in [0.25, 0.3) is 0 Å². The average molecular weight is 177 g/mol. The Hall–Kier alpha value is -0.820. The molecule has 72 valence electrons. The zero-order valence-electron chi connectivity index (χ0n) is 8.59. The first-order valence-corrected chi connectivity index (χ1v) is 5.10. The van der Waals surface area contributed by atoms with Gasteiger partial charge in [-0.2, -0.15) is 0 Å². The summed E-state index contributed by atoms with van der Waals surface area (Å²) in [7, 11) is 0. The number of benzene rings is 1. The molecular weight excluding hydrogens is 158 g/mol. The van der Waals surface area contributed by atoms with Crippen molar-refractivity contribution >= 4 is 0 Å². The van der Waals surface area contributed by atoms with E-state index in [1.807, 2.05) is 0 Å². The first kappa shape index (κ1) is 10.3. The summed E-state index contributed by atoms with van der Waals surface area (Å²) >= 11 is 0. The van der Waals surface area contributed by atoms with Gasteiger partial charge >= 0.3 is 0 Å². The van der Waals surface area contributed by atoms with E-state index in [0.717, 1.165) is 6.54 Å². The molecule has 0 aromatic heterocycles. The van der Waals surface area contributed by atoms with Crippen LogP contribution in [-0.2, 0) is 6.54 Å². The molecule has 0 heterocycles. The van der Waals surface area contributed by atoms with Gasteiger partial charge in [-0.05, 0) is 18.9 Å². The van der Waals surface area contributed by atoms with Crippen molar-refractivity contribution in [2.75, 3.05) is 0 Å². The maximum Gasteiger partial charge on any atom is 0.0207 e. The molecule has 0 saturated carbocycles. The van der Waals surface area contributed by atoms with Gasteiger partial charge < -0.3 is 5.32 Å². The number of hydrogen-bond acceptors (Lipinski definition) is 1. The number of rotatable bonds is 5. The summed E-state index contributed by atoms with van der Waals surface area (Å²) in [5, 5.41) is 3.50. The monoisotopic (exact) mass is 177 g/mol. The molecule has 0 saturated heterocycles. The molecule has 1 rings (SSSR count). The van der Waals surface area contributed by atoms with Crippen molar-refractivity contribution in [2.24, 2.45) is 0 Å². The normalized spacial score (nSPS) is 12.8. The lowest BCUT2D eigenvalue weighted by Crippen LogP contribution is -2.24. The first-order valence-electron chi connectivity index (χ1n) is 5.10. The lowest BCUT2D eigenvalue weighted by Gasteiger charge is -2.12. The average Bonchev–Trinajstić information content (AvgIpc) is 2.17. The van der Waals surface area contributed by atoms with Crippen LogP contribution in [0.1, 0.15) is 32.3 Å². The second kappa shape index (κ2) is 5.76. The minimum absolute atomic E-state index is 0.630. The lowest BCUT2D eigenvalue weighted by atomic mass is 10.1. The van der Waals surface area contributed by atoms with Crippen molar-refractivity contribution in [3.63, 3.8) is 0 Å². The highest BCUT2D eigenvalue weighted by Crippen LogP contribution is 2.00. The second-order valence-corrected chi connectivity index (χ2v) is 3.56. The number of nitrogens with one attached hydrogen (secondary N) is 1. The van der Waals surface area contributed by atoms with E-state index in [2.05, 4.69) is 49.5 Å². The molecule has 1 N–H and O–H groups in total. The quantitative estimate of drug-likeness (QED) is 0.729. The molecular formula is C12H19N. The van der Waals surface area contributed by atoms with E-state index < -0.39 is 0 Å². The van der Waals surface area contributed by atoms with Crippen LogP contribution < -0.4 is 5.32 Å². The molecule has 0 fully saturated rings. The molecule has 0 amide bonds. The van der Waals surface area contributed by atoms with Crippen LogP contribution in [0.3, 0.4) is 0 Å². The van der Waals surface area contributed by atoms with Crippen molar-refractivity contribution in [3.8, 4) is 0 Å². The van der Waals surface area contributed by atoms with Crippen LogP contribution in [0, 0.1) is 0 Å². The Morgan fingerprint density at radius 1 is 1.23 bits per heavy atom. The van der Waals surface area contributed by atoms with Crippen molar-refractivity contribution in [2.45, 2.75) is 39.3 Å². The fourth-order valence-corrected chi connectivity index (χ4v) is 1.42. The maximum absolute atomic E-state index is 3.50. The van der Waals surface area contributed by atoms with E-state index in [1.165, 1.54) is 18.4 Å². The SMILES string of the molecule is CCCC(C)NCc1ccccc1. The maximum atomic E-state index is 3.50. The third-order valence-corrected chi connectivity index (χ3v) is 2.22. The van der Waals surface area contributed by atoms with Gasteiger partial charge in [0.1, 0.15) is 0 Å². The Kier molecular flexibility index (Phi) is 4.55. The molecule has 1 aromatic rings. The Labute approximate surface area is 81.2 Å². The van der Waals surface area contributed by atoms with Crippen LogP contribution >= 0.6 is 0 Å². The van der Waals surface area contributed by atoms with E-state index in [4.69, 9.17) is 0 Å². The third-order valence-electron chi connectivity index (χ3n) is 2.22. The van der Waals surface area contributed by atoms with Gasteiger partial charge in [-0.15, -0.1) is 0 Å².